The number of hydrogen-bond acceptors (Lipinski definition) is 5. The first-order valence-electron chi connectivity index (χ1n) is 9.07. The Bertz CT molecular complexity index is 1290. The molecule has 0 bridgehead atoms. The Morgan fingerprint density at radius 2 is 1.90 bits per heavy atom. The van der Waals surface area contributed by atoms with Crippen molar-refractivity contribution in [1.29, 1.82) is 0 Å². The van der Waals surface area contributed by atoms with E-state index in [2.05, 4.69) is 15.3 Å². The van der Waals surface area contributed by atoms with Gasteiger partial charge in [0.05, 0.1) is 5.69 Å². The Labute approximate surface area is 163 Å². The van der Waals surface area contributed by atoms with E-state index >= 15 is 0 Å². The molecule has 0 unspecified atom stereocenters. The second-order valence-corrected chi connectivity index (χ2v) is 6.75. The van der Waals surface area contributed by atoms with Crippen LogP contribution in [0.4, 0.5) is 10.1 Å². The highest BCUT2D eigenvalue weighted by molar-refractivity contribution is 5.95. The van der Waals surface area contributed by atoms with Crippen molar-refractivity contribution in [3.8, 4) is 5.69 Å². The molecule has 2 aromatic heterocycles. The number of aromatic nitrogens is 5. The van der Waals surface area contributed by atoms with Crippen LogP contribution in [0.2, 0.25) is 0 Å². The number of amides is 1. The monoisotopic (exact) mass is 390 g/mol. The number of carbonyl (C=O) groups excluding carboxylic acids is 1. The SMILES string of the molecule is O=C(Cn1cnc2c(nnn2-c2ccc(F)cc2)c1=O)N1CCc2ccccc21. The highest BCUT2D eigenvalue weighted by Gasteiger charge is 2.25. The van der Waals surface area contributed by atoms with Gasteiger partial charge in [-0.05, 0) is 42.3 Å². The van der Waals surface area contributed by atoms with Gasteiger partial charge in [0.2, 0.25) is 5.91 Å². The van der Waals surface area contributed by atoms with Crippen molar-refractivity contribution < 1.29 is 9.18 Å². The molecule has 0 saturated heterocycles. The fourth-order valence-electron chi connectivity index (χ4n) is 3.54. The molecule has 1 aliphatic rings. The van der Waals surface area contributed by atoms with Gasteiger partial charge in [0.1, 0.15) is 18.7 Å². The van der Waals surface area contributed by atoms with Crippen molar-refractivity contribution in [2.75, 3.05) is 11.4 Å². The quantitative estimate of drug-likeness (QED) is 0.532. The van der Waals surface area contributed by atoms with Crippen molar-refractivity contribution in [2.24, 2.45) is 0 Å². The lowest BCUT2D eigenvalue weighted by Crippen LogP contribution is -2.35. The minimum Gasteiger partial charge on any atom is -0.310 e. The molecule has 2 aromatic carbocycles. The number of nitrogens with zero attached hydrogens (tertiary/aromatic N) is 6. The van der Waals surface area contributed by atoms with E-state index in [9.17, 15) is 14.0 Å². The highest BCUT2D eigenvalue weighted by Crippen LogP contribution is 2.27. The van der Waals surface area contributed by atoms with Gasteiger partial charge in [0, 0.05) is 12.2 Å². The number of fused-ring (bicyclic) bond motifs is 2. The summed E-state index contributed by atoms with van der Waals surface area (Å²) in [6, 6.07) is 13.3. The molecule has 0 radical (unpaired) electrons. The molecule has 3 heterocycles. The number of para-hydroxylation sites is 1. The standard InChI is InChI=1S/C20H15FN6O2/c21-14-5-7-15(8-6-14)27-19-18(23-24-27)20(29)25(12-22-19)11-17(28)26-10-9-13-3-1-2-4-16(13)26/h1-8,12H,9-11H2. The van der Waals surface area contributed by atoms with Crippen LogP contribution >= 0.6 is 0 Å². The zero-order valence-corrected chi connectivity index (χ0v) is 15.2. The van der Waals surface area contributed by atoms with Crippen molar-refractivity contribution >= 4 is 22.8 Å². The third kappa shape index (κ3) is 2.87. The molecule has 0 N–H and O–H groups in total. The van der Waals surface area contributed by atoms with Gasteiger partial charge >= 0.3 is 0 Å². The first-order valence-corrected chi connectivity index (χ1v) is 9.07. The van der Waals surface area contributed by atoms with Gasteiger partial charge < -0.3 is 4.90 Å². The van der Waals surface area contributed by atoms with E-state index in [1.807, 2.05) is 24.3 Å². The van der Waals surface area contributed by atoms with Crippen LogP contribution in [0.3, 0.4) is 0 Å². The highest BCUT2D eigenvalue weighted by atomic mass is 19.1. The summed E-state index contributed by atoms with van der Waals surface area (Å²) in [5.74, 6) is -0.570. The number of carbonyl (C=O) groups is 1. The first-order chi connectivity index (χ1) is 14.1. The van der Waals surface area contributed by atoms with Gasteiger partial charge in [-0.1, -0.05) is 23.4 Å². The van der Waals surface area contributed by atoms with Gasteiger partial charge in [-0.25, -0.2) is 9.37 Å². The van der Waals surface area contributed by atoms with Gasteiger partial charge in [-0.2, -0.15) is 4.68 Å². The van der Waals surface area contributed by atoms with E-state index in [0.29, 0.717) is 12.2 Å². The van der Waals surface area contributed by atoms with Crippen molar-refractivity contribution in [3.05, 3.63) is 76.6 Å². The van der Waals surface area contributed by atoms with Gasteiger partial charge in [0.25, 0.3) is 5.56 Å². The second kappa shape index (κ2) is 6.62. The van der Waals surface area contributed by atoms with E-state index in [0.717, 1.165) is 17.7 Å². The van der Waals surface area contributed by atoms with E-state index in [1.165, 1.54) is 39.8 Å². The molecule has 0 fully saturated rings. The average molecular weight is 390 g/mol. The molecular formula is C20H15FN6O2. The molecule has 0 saturated carbocycles. The Morgan fingerprint density at radius 1 is 1.10 bits per heavy atom. The molecule has 4 aromatic rings. The maximum Gasteiger partial charge on any atom is 0.284 e. The zero-order chi connectivity index (χ0) is 20.0. The Hall–Kier alpha value is -3.88. The molecule has 1 aliphatic heterocycles. The number of rotatable bonds is 3. The lowest BCUT2D eigenvalue weighted by Gasteiger charge is -2.17. The fourth-order valence-corrected chi connectivity index (χ4v) is 3.54. The van der Waals surface area contributed by atoms with Gasteiger partial charge in [-0.15, -0.1) is 5.10 Å². The third-order valence-electron chi connectivity index (χ3n) is 4.99. The molecule has 29 heavy (non-hydrogen) atoms. The van der Waals surface area contributed by atoms with Crippen LogP contribution < -0.4 is 10.5 Å². The lowest BCUT2D eigenvalue weighted by atomic mass is 10.2. The van der Waals surface area contributed by atoms with E-state index < -0.39 is 5.56 Å². The number of benzene rings is 2. The fraction of sp³-hybridized carbons (Fsp3) is 0.150. The van der Waals surface area contributed by atoms with Crippen molar-refractivity contribution in [1.82, 2.24) is 24.5 Å². The van der Waals surface area contributed by atoms with Crippen LogP contribution in [0.1, 0.15) is 5.56 Å². The molecule has 0 spiro atoms. The number of halogens is 1. The maximum atomic E-state index is 13.2. The topological polar surface area (TPSA) is 85.9 Å². The summed E-state index contributed by atoms with van der Waals surface area (Å²) in [7, 11) is 0. The molecule has 0 atom stereocenters. The summed E-state index contributed by atoms with van der Waals surface area (Å²) in [6.45, 7) is 0.447. The predicted octanol–water partition coefficient (Wildman–Crippen LogP) is 1.71. The molecule has 5 rings (SSSR count). The minimum atomic E-state index is -0.454. The lowest BCUT2D eigenvalue weighted by molar-refractivity contribution is -0.119. The van der Waals surface area contributed by atoms with Crippen LogP contribution in [0.5, 0.6) is 0 Å². The summed E-state index contributed by atoms with van der Waals surface area (Å²) < 4.78 is 15.7. The molecule has 8 nitrogen and oxygen atoms in total. The summed E-state index contributed by atoms with van der Waals surface area (Å²) in [5.41, 5.74) is 2.36. The molecule has 1 amide bonds. The third-order valence-corrected chi connectivity index (χ3v) is 4.99. The largest absolute Gasteiger partial charge is 0.310 e. The number of hydrogen-bond donors (Lipinski definition) is 0. The van der Waals surface area contributed by atoms with Crippen LogP contribution in [0.25, 0.3) is 16.9 Å². The van der Waals surface area contributed by atoms with Crippen molar-refractivity contribution in [2.45, 2.75) is 13.0 Å². The molecule has 9 heteroatoms. The Kier molecular flexibility index (Phi) is 3.94. The normalized spacial score (nSPS) is 13.1. The van der Waals surface area contributed by atoms with Crippen LogP contribution in [0.15, 0.2) is 59.7 Å². The average Bonchev–Trinajstić information content (AvgIpc) is 3.35. The molecular weight excluding hydrogens is 375 g/mol. The Balaban J connectivity index is 1.46. The van der Waals surface area contributed by atoms with E-state index in [4.69, 9.17) is 0 Å². The van der Waals surface area contributed by atoms with Crippen LogP contribution in [-0.2, 0) is 17.8 Å². The van der Waals surface area contributed by atoms with E-state index in [-0.39, 0.29) is 29.4 Å². The van der Waals surface area contributed by atoms with Gasteiger partial charge in [0.15, 0.2) is 11.2 Å². The number of anilines is 1. The minimum absolute atomic E-state index is 0.0476. The summed E-state index contributed by atoms with van der Waals surface area (Å²) in [5, 5.41) is 7.87. The summed E-state index contributed by atoms with van der Waals surface area (Å²) in [6.07, 6.45) is 2.11. The zero-order valence-electron chi connectivity index (χ0n) is 15.2. The van der Waals surface area contributed by atoms with Crippen LogP contribution in [0, 0.1) is 5.82 Å². The van der Waals surface area contributed by atoms with Crippen molar-refractivity contribution in [3.63, 3.8) is 0 Å². The maximum absolute atomic E-state index is 13.2. The molecule has 0 aliphatic carbocycles. The van der Waals surface area contributed by atoms with Gasteiger partial charge in [-0.3, -0.25) is 14.2 Å². The predicted molar refractivity (Wildman–Crippen MR) is 103 cm³/mol. The smallest absolute Gasteiger partial charge is 0.284 e. The summed E-state index contributed by atoms with van der Waals surface area (Å²) in [4.78, 5) is 31.5. The second-order valence-electron chi connectivity index (χ2n) is 6.75. The first kappa shape index (κ1) is 17.2. The Morgan fingerprint density at radius 3 is 2.72 bits per heavy atom. The summed E-state index contributed by atoms with van der Waals surface area (Å²) >= 11 is 0. The van der Waals surface area contributed by atoms with Crippen LogP contribution in [-0.4, -0.2) is 37.0 Å². The molecule has 144 valence electrons. The van der Waals surface area contributed by atoms with E-state index in [1.54, 1.807) is 4.90 Å².